The third kappa shape index (κ3) is 13.3. The van der Waals surface area contributed by atoms with Gasteiger partial charge in [-0.15, -0.1) is 0 Å². The molecule has 0 fully saturated rings. The van der Waals surface area contributed by atoms with E-state index in [4.69, 9.17) is 24.7 Å². The Labute approximate surface area is 220 Å². The molecule has 0 aliphatic rings. The summed E-state index contributed by atoms with van der Waals surface area (Å²) in [4.78, 5) is 48.7. The van der Waals surface area contributed by atoms with Gasteiger partial charge >= 0.3 is 23.9 Å². The third-order valence-corrected chi connectivity index (χ3v) is 5.31. The number of hydrogen-bond donors (Lipinski definition) is 1. The smallest absolute Gasteiger partial charge is 0.323 e. The summed E-state index contributed by atoms with van der Waals surface area (Å²) in [5, 5.41) is 0. The lowest BCUT2D eigenvalue weighted by Crippen LogP contribution is -2.36. The molecule has 0 radical (unpaired) electrons. The van der Waals surface area contributed by atoms with E-state index in [2.05, 4.69) is 0 Å². The highest BCUT2D eigenvalue weighted by molar-refractivity contribution is 5.77. The van der Waals surface area contributed by atoms with Gasteiger partial charge in [0, 0.05) is 12.8 Å². The Morgan fingerprint density at radius 3 is 1.84 bits per heavy atom. The molecule has 0 saturated heterocycles. The molecule has 0 unspecified atom stereocenters. The van der Waals surface area contributed by atoms with Crippen molar-refractivity contribution in [3.05, 3.63) is 23.8 Å². The van der Waals surface area contributed by atoms with E-state index in [9.17, 15) is 19.2 Å². The first-order valence-electron chi connectivity index (χ1n) is 12.9. The quantitative estimate of drug-likeness (QED) is 0.264. The highest BCUT2D eigenvalue weighted by Gasteiger charge is 2.21. The number of esters is 4. The fraction of sp³-hybridized carbons (Fsp3) is 0.643. The summed E-state index contributed by atoms with van der Waals surface area (Å²) in [5.74, 6) is -1.30. The zero-order valence-electron chi connectivity index (χ0n) is 23.2. The normalized spacial score (nSPS) is 12.8. The number of carbonyl (C=O) groups is 4. The fourth-order valence-electron chi connectivity index (χ4n) is 3.02. The second-order valence-corrected chi connectivity index (χ2v) is 10.4. The van der Waals surface area contributed by atoms with Gasteiger partial charge in [-0.2, -0.15) is 0 Å². The highest BCUT2D eigenvalue weighted by Crippen LogP contribution is 2.30. The second-order valence-electron chi connectivity index (χ2n) is 10.4. The molecule has 0 aromatic heterocycles. The summed E-state index contributed by atoms with van der Waals surface area (Å²) in [6.45, 7) is 13.0. The number of ether oxygens (including phenoxy) is 4. The molecule has 0 heterocycles. The molecule has 2 atom stereocenters. The molecule has 37 heavy (non-hydrogen) atoms. The molecule has 0 saturated carbocycles. The van der Waals surface area contributed by atoms with E-state index in [-0.39, 0.29) is 49.3 Å². The van der Waals surface area contributed by atoms with E-state index < -0.39 is 30.1 Å². The van der Waals surface area contributed by atoms with Crippen LogP contribution in [0.2, 0.25) is 0 Å². The minimum atomic E-state index is -1.00. The maximum atomic E-state index is 12.4. The summed E-state index contributed by atoms with van der Waals surface area (Å²) in [6.07, 6.45) is 1.27. The average molecular weight is 522 g/mol. The van der Waals surface area contributed by atoms with Gasteiger partial charge < -0.3 is 24.7 Å². The Morgan fingerprint density at radius 2 is 1.32 bits per heavy atom. The Morgan fingerprint density at radius 1 is 0.784 bits per heavy atom. The number of hydrogen-bond acceptors (Lipinski definition) is 9. The maximum Gasteiger partial charge on any atom is 0.323 e. The Hall–Kier alpha value is -2.94. The van der Waals surface area contributed by atoms with E-state index in [1.165, 1.54) is 6.07 Å². The predicted molar refractivity (Wildman–Crippen MR) is 139 cm³/mol. The van der Waals surface area contributed by atoms with Crippen molar-refractivity contribution >= 4 is 23.9 Å². The third-order valence-electron chi connectivity index (χ3n) is 5.31. The van der Waals surface area contributed by atoms with Gasteiger partial charge in [0.1, 0.15) is 18.8 Å². The number of rotatable bonds is 15. The largest absolute Gasteiger partial charge is 0.461 e. The first-order chi connectivity index (χ1) is 17.3. The van der Waals surface area contributed by atoms with Gasteiger partial charge in [0.15, 0.2) is 11.5 Å². The predicted octanol–water partition coefficient (Wildman–Crippen LogP) is 4.37. The van der Waals surface area contributed by atoms with Crippen LogP contribution in [0.3, 0.4) is 0 Å². The van der Waals surface area contributed by atoms with Gasteiger partial charge in [-0.1, -0.05) is 47.6 Å². The lowest BCUT2D eigenvalue weighted by atomic mass is 10.1. The van der Waals surface area contributed by atoms with Crippen molar-refractivity contribution in [3.63, 3.8) is 0 Å². The van der Waals surface area contributed by atoms with Crippen molar-refractivity contribution in [3.8, 4) is 11.5 Å². The first kappa shape index (κ1) is 32.1. The summed E-state index contributed by atoms with van der Waals surface area (Å²) >= 11 is 0. The van der Waals surface area contributed by atoms with Crippen LogP contribution in [0.25, 0.3) is 0 Å². The average Bonchev–Trinajstić information content (AvgIpc) is 2.81. The van der Waals surface area contributed by atoms with Crippen molar-refractivity contribution < 1.29 is 38.1 Å². The first-order valence-corrected chi connectivity index (χ1v) is 12.9. The SMILES string of the molecule is CC(C)CCC(=O)Oc1ccc(C[C@H](N)C(=O)OC[C@H](C)OC(=O)C(C)C)cc1OC(=O)CCC(C)C. The zero-order valence-corrected chi connectivity index (χ0v) is 23.2. The maximum absolute atomic E-state index is 12.4. The lowest BCUT2D eigenvalue weighted by Gasteiger charge is -2.17. The molecule has 2 N–H and O–H groups in total. The minimum Gasteiger partial charge on any atom is -0.461 e. The Balaban J connectivity index is 2.88. The lowest BCUT2D eigenvalue weighted by molar-refractivity contribution is -0.161. The summed E-state index contributed by atoms with van der Waals surface area (Å²) in [6, 6.07) is 3.71. The molecule has 9 nitrogen and oxygen atoms in total. The van der Waals surface area contributed by atoms with Gasteiger partial charge in [0.25, 0.3) is 0 Å². The van der Waals surface area contributed by atoms with Crippen LogP contribution in [-0.2, 0) is 35.1 Å². The van der Waals surface area contributed by atoms with Crippen molar-refractivity contribution in [1.29, 1.82) is 0 Å². The second kappa shape index (κ2) is 16.0. The van der Waals surface area contributed by atoms with E-state index in [1.54, 1.807) is 32.9 Å². The van der Waals surface area contributed by atoms with Crippen LogP contribution in [0.5, 0.6) is 11.5 Å². The van der Waals surface area contributed by atoms with Crippen LogP contribution in [0.1, 0.15) is 79.7 Å². The molecule has 1 aromatic rings. The zero-order chi connectivity index (χ0) is 28.1. The summed E-state index contributed by atoms with van der Waals surface area (Å²) in [5.41, 5.74) is 6.62. The van der Waals surface area contributed by atoms with E-state index in [0.29, 0.717) is 30.2 Å². The number of benzene rings is 1. The van der Waals surface area contributed by atoms with E-state index in [0.717, 1.165) is 0 Å². The van der Waals surface area contributed by atoms with Gasteiger partial charge in [-0.3, -0.25) is 19.2 Å². The standard InChI is InChI=1S/C28H43NO8/c1-17(2)8-12-25(30)36-23-11-10-21(15-24(23)37-26(31)13-9-18(3)4)14-22(29)28(33)34-16-20(7)35-27(32)19(5)6/h10-11,15,17-20,22H,8-9,12-14,16,29H2,1-7H3/t20-,22-/m0/s1. The highest BCUT2D eigenvalue weighted by atomic mass is 16.6. The molecule has 0 spiro atoms. The fourth-order valence-corrected chi connectivity index (χ4v) is 3.02. The molecule has 208 valence electrons. The van der Waals surface area contributed by atoms with Gasteiger partial charge in [-0.05, 0) is 55.7 Å². The van der Waals surface area contributed by atoms with Crippen molar-refractivity contribution in [2.75, 3.05) is 6.61 Å². The van der Waals surface area contributed by atoms with Crippen molar-refractivity contribution in [1.82, 2.24) is 0 Å². The van der Waals surface area contributed by atoms with Crippen LogP contribution in [0.4, 0.5) is 0 Å². The van der Waals surface area contributed by atoms with E-state index >= 15 is 0 Å². The van der Waals surface area contributed by atoms with Crippen molar-refractivity contribution in [2.24, 2.45) is 23.5 Å². The van der Waals surface area contributed by atoms with Crippen LogP contribution in [-0.4, -0.2) is 42.6 Å². The molecule has 0 aliphatic heterocycles. The Bertz CT molecular complexity index is 909. The van der Waals surface area contributed by atoms with Gasteiger partial charge in [0.05, 0.1) is 5.92 Å². The molecular formula is C28H43NO8. The molecule has 0 bridgehead atoms. The molecule has 1 aromatic carbocycles. The number of carbonyl (C=O) groups excluding carboxylic acids is 4. The summed E-state index contributed by atoms with van der Waals surface area (Å²) < 4.78 is 21.4. The molecule has 0 amide bonds. The van der Waals surface area contributed by atoms with Gasteiger partial charge in [0.2, 0.25) is 0 Å². The molecule has 1 rings (SSSR count). The van der Waals surface area contributed by atoms with E-state index in [1.807, 2.05) is 27.7 Å². The van der Waals surface area contributed by atoms with Crippen LogP contribution in [0.15, 0.2) is 18.2 Å². The topological polar surface area (TPSA) is 131 Å². The van der Waals surface area contributed by atoms with Crippen LogP contribution < -0.4 is 15.2 Å². The van der Waals surface area contributed by atoms with Crippen LogP contribution in [0, 0.1) is 17.8 Å². The Kier molecular flexibility index (Phi) is 13.9. The number of nitrogens with two attached hydrogens (primary N) is 1. The van der Waals surface area contributed by atoms with Crippen molar-refractivity contribution in [2.45, 2.75) is 92.7 Å². The van der Waals surface area contributed by atoms with Crippen LogP contribution >= 0.6 is 0 Å². The minimum absolute atomic E-state index is 0.0944. The molecular weight excluding hydrogens is 478 g/mol. The van der Waals surface area contributed by atoms with Gasteiger partial charge in [-0.25, -0.2) is 0 Å². The molecule has 9 heteroatoms. The molecule has 0 aliphatic carbocycles. The summed E-state index contributed by atoms with van der Waals surface area (Å²) in [7, 11) is 0. The monoisotopic (exact) mass is 521 g/mol.